The molecule has 0 radical (unpaired) electrons. The number of rotatable bonds is 9. The Morgan fingerprint density at radius 3 is 2.74 bits per heavy atom. The van der Waals surface area contributed by atoms with Crippen molar-refractivity contribution in [2.45, 2.75) is 38.8 Å². The number of benzene rings is 1. The van der Waals surface area contributed by atoms with Gasteiger partial charge in [-0.05, 0) is 38.3 Å². The summed E-state index contributed by atoms with van der Waals surface area (Å²) in [6.45, 7) is 5.02. The first-order chi connectivity index (χ1) is 9.13. The fourth-order valence-electron chi connectivity index (χ4n) is 1.80. The highest BCUT2D eigenvalue weighted by atomic mass is 16.5. The molecule has 4 nitrogen and oxygen atoms in total. The largest absolute Gasteiger partial charge is 0.491 e. The molecule has 1 aromatic rings. The first-order valence-electron chi connectivity index (χ1n) is 6.84. The van der Waals surface area contributed by atoms with Gasteiger partial charge in [0.2, 0.25) is 0 Å². The van der Waals surface area contributed by atoms with E-state index in [-0.39, 0.29) is 13.2 Å². The molecule has 0 saturated heterocycles. The van der Waals surface area contributed by atoms with Gasteiger partial charge in [-0.3, -0.25) is 0 Å². The highest BCUT2D eigenvalue weighted by Crippen LogP contribution is 2.16. The summed E-state index contributed by atoms with van der Waals surface area (Å²) >= 11 is 0. The maximum atomic E-state index is 9.84. The van der Waals surface area contributed by atoms with Crippen LogP contribution in [0.1, 0.15) is 25.3 Å². The minimum absolute atomic E-state index is 0.213. The Hall–Kier alpha value is -1.10. The van der Waals surface area contributed by atoms with E-state index in [9.17, 15) is 5.11 Å². The number of nitrogens with one attached hydrogen (secondary N) is 1. The third-order valence-electron chi connectivity index (χ3n) is 3.02. The summed E-state index contributed by atoms with van der Waals surface area (Å²) in [5, 5.41) is 21.8. The molecular formula is C15H25NO3. The predicted molar refractivity (Wildman–Crippen MR) is 76.5 cm³/mol. The molecule has 0 saturated carbocycles. The van der Waals surface area contributed by atoms with Crippen LogP contribution in [0.25, 0.3) is 0 Å². The van der Waals surface area contributed by atoms with E-state index in [4.69, 9.17) is 9.84 Å². The number of ether oxygens (including phenoxy) is 1. The maximum absolute atomic E-state index is 9.84. The molecule has 0 amide bonds. The van der Waals surface area contributed by atoms with E-state index < -0.39 is 6.10 Å². The van der Waals surface area contributed by atoms with Gasteiger partial charge in [-0.25, -0.2) is 0 Å². The molecule has 0 aliphatic carbocycles. The average Bonchev–Trinajstić information content (AvgIpc) is 2.42. The van der Waals surface area contributed by atoms with E-state index in [1.165, 1.54) is 0 Å². The molecule has 3 N–H and O–H groups in total. The lowest BCUT2D eigenvalue weighted by Crippen LogP contribution is -2.36. The predicted octanol–water partition coefficient (Wildman–Crippen LogP) is 1.49. The monoisotopic (exact) mass is 267 g/mol. The van der Waals surface area contributed by atoms with Crippen LogP contribution < -0.4 is 10.1 Å². The van der Waals surface area contributed by atoms with Gasteiger partial charge in [0.1, 0.15) is 18.5 Å². The van der Waals surface area contributed by atoms with Gasteiger partial charge >= 0.3 is 0 Å². The van der Waals surface area contributed by atoms with Crippen LogP contribution in [0.5, 0.6) is 5.75 Å². The number of para-hydroxylation sites is 1. The van der Waals surface area contributed by atoms with Crippen LogP contribution in [0, 0.1) is 6.92 Å². The highest BCUT2D eigenvalue weighted by Gasteiger charge is 2.08. The standard InChI is InChI=1S/C15H25NO3/c1-12-6-3-4-8-15(12)19-11-14(18)10-16-13(2)7-5-9-17/h3-4,6,8,13-14,16-18H,5,7,9-11H2,1-2H3. The molecule has 0 fully saturated rings. The van der Waals surface area contributed by atoms with E-state index >= 15 is 0 Å². The second-order valence-corrected chi connectivity index (χ2v) is 4.91. The quantitative estimate of drug-likeness (QED) is 0.634. The third-order valence-corrected chi connectivity index (χ3v) is 3.02. The van der Waals surface area contributed by atoms with Crippen molar-refractivity contribution >= 4 is 0 Å². The number of aryl methyl sites for hydroxylation is 1. The summed E-state index contributed by atoms with van der Waals surface area (Å²) in [5.41, 5.74) is 1.07. The van der Waals surface area contributed by atoms with Crippen LogP contribution >= 0.6 is 0 Å². The SMILES string of the molecule is Cc1ccccc1OCC(O)CNC(C)CCCO. The molecule has 0 spiro atoms. The Morgan fingerprint density at radius 2 is 2.05 bits per heavy atom. The molecule has 19 heavy (non-hydrogen) atoms. The van der Waals surface area contributed by atoms with Gasteiger partial charge in [-0.2, -0.15) is 0 Å². The fourth-order valence-corrected chi connectivity index (χ4v) is 1.80. The van der Waals surface area contributed by atoms with Crippen LogP contribution in [-0.2, 0) is 0 Å². The van der Waals surface area contributed by atoms with E-state index in [0.717, 1.165) is 24.2 Å². The Bertz CT molecular complexity index is 357. The second kappa shape index (κ2) is 8.91. The van der Waals surface area contributed by atoms with E-state index in [1.54, 1.807) is 0 Å². The van der Waals surface area contributed by atoms with Crippen LogP contribution in [-0.4, -0.2) is 42.1 Å². The van der Waals surface area contributed by atoms with Crippen molar-refractivity contribution < 1.29 is 14.9 Å². The minimum Gasteiger partial charge on any atom is -0.491 e. The van der Waals surface area contributed by atoms with Crippen molar-refractivity contribution in [2.24, 2.45) is 0 Å². The van der Waals surface area contributed by atoms with Gasteiger partial charge in [-0.15, -0.1) is 0 Å². The van der Waals surface area contributed by atoms with Gasteiger partial charge in [0, 0.05) is 19.2 Å². The second-order valence-electron chi connectivity index (χ2n) is 4.91. The lowest BCUT2D eigenvalue weighted by molar-refractivity contribution is 0.103. The molecule has 2 unspecified atom stereocenters. The summed E-state index contributed by atoms with van der Waals surface area (Å²) < 4.78 is 5.58. The van der Waals surface area contributed by atoms with E-state index in [2.05, 4.69) is 5.32 Å². The Morgan fingerprint density at radius 1 is 1.32 bits per heavy atom. The molecule has 0 heterocycles. The molecule has 0 aliphatic rings. The number of aliphatic hydroxyl groups excluding tert-OH is 2. The average molecular weight is 267 g/mol. The maximum Gasteiger partial charge on any atom is 0.122 e. The molecule has 4 heteroatoms. The van der Waals surface area contributed by atoms with E-state index in [1.807, 2.05) is 38.1 Å². The van der Waals surface area contributed by atoms with E-state index in [0.29, 0.717) is 12.6 Å². The summed E-state index contributed by atoms with van der Waals surface area (Å²) in [6, 6.07) is 8.06. The zero-order valence-electron chi connectivity index (χ0n) is 11.8. The van der Waals surface area contributed by atoms with Gasteiger partial charge in [0.05, 0.1) is 0 Å². The lowest BCUT2D eigenvalue weighted by Gasteiger charge is -2.17. The highest BCUT2D eigenvalue weighted by molar-refractivity contribution is 5.31. The Kier molecular flexibility index (Phi) is 7.48. The van der Waals surface area contributed by atoms with Crippen molar-refractivity contribution in [1.82, 2.24) is 5.32 Å². The van der Waals surface area contributed by atoms with Gasteiger partial charge < -0.3 is 20.3 Å². The van der Waals surface area contributed by atoms with Crippen molar-refractivity contribution in [3.8, 4) is 5.75 Å². The number of aliphatic hydroxyl groups is 2. The zero-order valence-corrected chi connectivity index (χ0v) is 11.8. The molecule has 1 rings (SSSR count). The molecule has 0 aromatic heterocycles. The summed E-state index contributed by atoms with van der Waals surface area (Å²) in [6.07, 6.45) is 1.16. The smallest absolute Gasteiger partial charge is 0.122 e. The first kappa shape index (κ1) is 16.0. The summed E-state index contributed by atoms with van der Waals surface area (Å²) in [7, 11) is 0. The Balaban J connectivity index is 2.21. The zero-order chi connectivity index (χ0) is 14.1. The van der Waals surface area contributed by atoms with Crippen LogP contribution in [0.2, 0.25) is 0 Å². The van der Waals surface area contributed by atoms with Crippen molar-refractivity contribution in [2.75, 3.05) is 19.8 Å². The number of hydrogen-bond donors (Lipinski definition) is 3. The van der Waals surface area contributed by atoms with Crippen LogP contribution in [0.3, 0.4) is 0 Å². The molecule has 2 atom stereocenters. The van der Waals surface area contributed by atoms with Crippen molar-refractivity contribution in [3.05, 3.63) is 29.8 Å². The molecule has 1 aromatic carbocycles. The van der Waals surface area contributed by atoms with Crippen LogP contribution in [0.4, 0.5) is 0 Å². The third kappa shape index (κ3) is 6.57. The van der Waals surface area contributed by atoms with Gasteiger partial charge in [-0.1, -0.05) is 18.2 Å². The molecule has 108 valence electrons. The first-order valence-corrected chi connectivity index (χ1v) is 6.84. The molecule has 0 aliphatic heterocycles. The normalized spacial score (nSPS) is 14.1. The molecule has 0 bridgehead atoms. The van der Waals surface area contributed by atoms with Crippen molar-refractivity contribution in [1.29, 1.82) is 0 Å². The topological polar surface area (TPSA) is 61.7 Å². The molecular weight excluding hydrogens is 242 g/mol. The summed E-state index contributed by atoms with van der Waals surface area (Å²) in [5.74, 6) is 0.815. The fraction of sp³-hybridized carbons (Fsp3) is 0.600. The lowest BCUT2D eigenvalue weighted by atomic mass is 10.2. The minimum atomic E-state index is -0.531. The summed E-state index contributed by atoms with van der Waals surface area (Å²) in [4.78, 5) is 0. The number of hydrogen-bond acceptors (Lipinski definition) is 4. The Labute approximate surface area is 115 Å². The van der Waals surface area contributed by atoms with Crippen molar-refractivity contribution in [3.63, 3.8) is 0 Å². The van der Waals surface area contributed by atoms with Gasteiger partial charge in [0.25, 0.3) is 0 Å². The van der Waals surface area contributed by atoms with Crippen LogP contribution in [0.15, 0.2) is 24.3 Å². The van der Waals surface area contributed by atoms with Gasteiger partial charge in [0.15, 0.2) is 0 Å².